The highest BCUT2D eigenvalue weighted by atomic mass is 32.1. The third-order valence-electron chi connectivity index (χ3n) is 5.66. The van der Waals surface area contributed by atoms with Crippen LogP contribution in [0, 0.1) is 11.3 Å². The fourth-order valence-electron chi connectivity index (χ4n) is 3.88. The number of thiophene rings is 1. The average molecular weight is 401 g/mol. The molecular weight excluding hydrogens is 372 g/mol. The van der Waals surface area contributed by atoms with E-state index in [1.165, 1.54) is 16.9 Å². The number of nitrogens with one attached hydrogen (secondary N) is 1. The number of carbonyl (C=O) groups is 1. The molecule has 0 radical (unpaired) electrons. The van der Waals surface area contributed by atoms with Crippen LogP contribution in [0.1, 0.15) is 48.3 Å². The van der Waals surface area contributed by atoms with Gasteiger partial charge < -0.3 is 10.2 Å². The van der Waals surface area contributed by atoms with Crippen molar-refractivity contribution in [2.75, 3.05) is 27.2 Å². The van der Waals surface area contributed by atoms with Crippen molar-refractivity contribution in [2.24, 2.45) is 11.3 Å². The maximum Gasteiger partial charge on any atom is 0.291 e. The van der Waals surface area contributed by atoms with E-state index in [1.807, 2.05) is 19.0 Å². The van der Waals surface area contributed by atoms with Crippen molar-refractivity contribution in [2.45, 2.75) is 40.0 Å². The number of carbonyl (C=O) groups excluding carboxylic acids is 1. The zero-order valence-electron chi connectivity index (χ0n) is 17.2. The number of nitrogens with zero attached hydrogens (tertiary/aromatic N) is 5. The molecule has 1 aliphatic carbocycles. The molecule has 0 aliphatic heterocycles. The van der Waals surface area contributed by atoms with Gasteiger partial charge in [-0.15, -0.1) is 16.4 Å². The van der Waals surface area contributed by atoms with E-state index in [0.29, 0.717) is 17.9 Å². The summed E-state index contributed by atoms with van der Waals surface area (Å²) >= 11 is 1.77. The highest BCUT2D eigenvalue weighted by molar-refractivity contribution is 7.19. The Morgan fingerprint density at radius 1 is 1.39 bits per heavy atom. The van der Waals surface area contributed by atoms with Gasteiger partial charge in [-0.05, 0) is 50.3 Å². The lowest BCUT2D eigenvalue weighted by molar-refractivity contribution is 0.0941. The predicted octanol–water partition coefficient (Wildman–Crippen LogP) is 2.78. The largest absolute Gasteiger partial charge is 0.348 e. The summed E-state index contributed by atoms with van der Waals surface area (Å²) in [4.78, 5) is 26.0. The Morgan fingerprint density at radius 2 is 2.18 bits per heavy atom. The molecule has 0 spiro atoms. The number of aryl methyl sites for hydroxylation is 1. The fourth-order valence-corrected chi connectivity index (χ4v) is 5.14. The first-order valence-electron chi connectivity index (χ1n) is 9.82. The number of fused-ring (bicyclic) bond motifs is 5. The second-order valence-electron chi connectivity index (χ2n) is 9.00. The van der Waals surface area contributed by atoms with Gasteiger partial charge in [-0.1, -0.05) is 20.8 Å². The Bertz CT molecular complexity index is 1030. The fraction of sp³-hybridized carbons (Fsp3) is 0.600. The summed E-state index contributed by atoms with van der Waals surface area (Å²) in [6, 6.07) is 0. The Kier molecular flexibility index (Phi) is 4.87. The highest BCUT2D eigenvalue weighted by Gasteiger charge is 2.32. The van der Waals surface area contributed by atoms with E-state index in [-0.39, 0.29) is 11.7 Å². The molecule has 1 aliphatic rings. The Hall–Kier alpha value is -2.06. The summed E-state index contributed by atoms with van der Waals surface area (Å²) in [6.07, 6.45) is 4.98. The van der Waals surface area contributed by atoms with E-state index in [9.17, 15) is 4.79 Å². The van der Waals surface area contributed by atoms with E-state index in [4.69, 9.17) is 0 Å². The van der Waals surface area contributed by atoms with Gasteiger partial charge in [-0.2, -0.15) is 0 Å². The average Bonchev–Trinajstić information content (AvgIpc) is 3.20. The molecular formula is C20H28N6OS. The molecule has 1 N–H and O–H groups in total. The Balaban J connectivity index is 1.68. The summed E-state index contributed by atoms with van der Waals surface area (Å²) in [7, 11) is 3.95. The van der Waals surface area contributed by atoms with Gasteiger partial charge in [0.1, 0.15) is 11.2 Å². The number of hydrogen-bond donors (Lipinski definition) is 1. The number of rotatable bonds is 4. The molecule has 3 aromatic heterocycles. The highest BCUT2D eigenvalue weighted by Crippen LogP contribution is 2.43. The molecule has 0 bridgehead atoms. The van der Waals surface area contributed by atoms with Crippen LogP contribution < -0.4 is 5.32 Å². The van der Waals surface area contributed by atoms with Crippen LogP contribution in [0.4, 0.5) is 0 Å². The third-order valence-corrected chi connectivity index (χ3v) is 6.82. The van der Waals surface area contributed by atoms with Crippen LogP contribution in [-0.2, 0) is 12.8 Å². The van der Waals surface area contributed by atoms with Crippen molar-refractivity contribution in [3.05, 3.63) is 22.6 Å². The molecule has 0 fully saturated rings. The molecule has 150 valence electrons. The first-order valence-corrected chi connectivity index (χ1v) is 10.6. The SMILES string of the molecule is CN(C)CCNC(=O)c1nc2c3c4c(sc3ncn2n1)C[C@H](C(C)(C)C)CC4. The van der Waals surface area contributed by atoms with E-state index in [1.54, 1.807) is 22.2 Å². The van der Waals surface area contributed by atoms with Gasteiger partial charge in [0, 0.05) is 18.0 Å². The second-order valence-corrected chi connectivity index (χ2v) is 10.1. The van der Waals surface area contributed by atoms with E-state index in [0.717, 1.165) is 35.3 Å². The summed E-state index contributed by atoms with van der Waals surface area (Å²) < 4.78 is 1.64. The molecule has 1 atom stereocenters. The van der Waals surface area contributed by atoms with Gasteiger partial charge >= 0.3 is 0 Å². The first-order chi connectivity index (χ1) is 13.2. The minimum absolute atomic E-state index is 0.205. The molecule has 7 nitrogen and oxygen atoms in total. The minimum atomic E-state index is -0.240. The second kappa shape index (κ2) is 7.08. The number of aromatic nitrogens is 4. The van der Waals surface area contributed by atoms with Gasteiger partial charge in [0.05, 0.1) is 5.39 Å². The van der Waals surface area contributed by atoms with E-state index >= 15 is 0 Å². The van der Waals surface area contributed by atoms with Crippen LogP contribution in [0.15, 0.2) is 6.33 Å². The molecule has 4 rings (SSSR count). The first kappa shape index (κ1) is 19.3. The number of hydrogen-bond acceptors (Lipinski definition) is 6. The van der Waals surface area contributed by atoms with Gasteiger partial charge in [-0.25, -0.2) is 14.5 Å². The van der Waals surface area contributed by atoms with Crippen molar-refractivity contribution in [1.29, 1.82) is 0 Å². The van der Waals surface area contributed by atoms with Crippen LogP contribution in [0.25, 0.3) is 15.9 Å². The van der Waals surface area contributed by atoms with Gasteiger partial charge in [0.2, 0.25) is 5.82 Å². The lowest BCUT2D eigenvalue weighted by Crippen LogP contribution is -2.31. The van der Waals surface area contributed by atoms with Crippen molar-refractivity contribution in [3.8, 4) is 0 Å². The van der Waals surface area contributed by atoms with Crippen LogP contribution in [-0.4, -0.2) is 57.6 Å². The predicted molar refractivity (Wildman–Crippen MR) is 112 cm³/mol. The smallest absolute Gasteiger partial charge is 0.291 e. The molecule has 0 aromatic carbocycles. The number of amides is 1. The molecule has 28 heavy (non-hydrogen) atoms. The topological polar surface area (TPSA) is 75.4 Å². The Labute approximate surface area is 169 Å². The standard InChI is InChI=1S/C20H28N6OS/c1-20(2,3)12-6-7-13-14(10-12)28-19-15(13)17-23-16(24-26(17)11-22-19)18(27)21-8-9-25(4)5/h11-12H,6-10H2,1-5H3,(H,21,27)/t12-/m1/s1. The van der Waals surface area contributed by atoms with Gasteiger partial charge in [0.25, 0.3) is 5.91 Å². The zero-order chi connectivity index (χ0) is 20.1. The maximum atomic E-state index is 12.4. The maximum absolute atomic E-state index is 12.4. The molecule has 8 heteroatoms. The normalized spacial score (nSPS) is 17.4. The van der Waals surface area contributed by atoms with Crippen molar-refractivity contribution in [3.63, 3.8) is 0 Å². The minimum Gasteiger partial charge on any atom is -0.348 e. The van der Waals surface area contributed by atoms with E-state index in [2.05, 4.69) is 41.2 Å². The quantitative estimate of drug-likeness (QED) is 0.729. The van der Waals surface area contributed by atoms with Crippen LogP contribution in [0.5, 0.6) is 0 Å². The van der Waals surface area contributed by atoms with E-state index < -0.39 is 0 Å². The van der Waals surface area contributed by atoms with Gasteiger partial charge in [0.15, 0.2) is 5.65 Å². The lowest BCUT2D eigenvalue weighted by atomic mass is 9.72. The molecule has 1 amide bonds. The molecule has 3 heterocycles. The molecule has 3 aromatic rings. The summed E-state index contributed by atoms with van der Waals surface area (Å²) in [6.45, 7) is 8.32. The molecule has 0 unspecified atom stereocenters. The van der Waals surface area contributed by atoms with Crippen LogP contribution >= 0.6 is 11.3 Å². The van der Waals surface area contributed by atoms with Crippen molar-refractivity contribution >= 4 is 33.1 Å². The summed E-state index contributed by atoms with van der Waals surface area (Å²) in [5, 5.41) is 8.32. The summed E-state index contributed by atoms with van der Waals surface area (Å²) in [5.41, 5.74) is 2.41. The molecule has 0 saturated carbocycles. The van der Waals surface area contributed by atoms with Crippen LogP contribution in [0.3, 0.4) is 0 Å². The lowest BCUT2D eigenvalue weighted by Gasteiger charge is -2.33. The summed E-state index contributed by atoms with van der Waals surface area (Å²) in [5.74, 6) is 0.645. The van der Waals surface area contributed by atoms with Gasteiger partial charge in [-0.3, -0.25) is 4.79 Å². The van der Waals surface area contributed by atoms with Crippen molar-refractivity contribution in [1.82, 2.24) is 29.8 Å². The Morgan fingerprint density at radius 3 is 2.89 bits per heavy atom. The van der Waals surface area contributed by atoms with Crippen LogP contribution in [0.2, 0.25) is 0 Å². The zero-order valence-corrected chi connectivity index (χ0v) is 18.1. The third kappa shape index (κ3) is 3.51. The number of likely N-dealkylation sites (N-methyl/N-ethyl adjacent to an activating group) is 1. The molecule has 0 saturated heterocycles. The van der Waals surface area contributed by atoms with Crippen molar-refractivity contribution < 1.29 is 4.79 Å². The monoisotopic (exact) mass is 400 g/mol.